The third-order valence-corrected chi connectivity index (χ3v) is 3.40. The van der Waals surface area contributed by atoms with Gasteiger partial charge in [-0.15, -0.1) is 0 Å². The van der Waals surface area contributed by atoms with Gasteiger partial charge in [0.15, 0.2) is 0 Å². The molecule has 2 unspecified atom stereocenters. The zero-order valence-corrected chi connectivity index (χ0v) is 9.95. The highest BCUT2D eigenvalue weighted by Crippen LogP contribution is 2.26. The quantitative estimate of drug-likeness (QED) is 0.816. The van der Waals surface area contributed by atoms with Crippen molar-refractivity contribution in [2.45, 2.75) is 51.2 Å². The number of hydrogen-bond acceptors (Lipinski definition) is 2. The molecule has 1 aliphatic rings. The number of benzene rings is 1. The molecule has 1 aliphatic heterocycles. The van der Waals surface area contributed by atoms with E-state index in [-0.39, 0.29) is 12.1 Å². The summed E-state index contributed by atoms with van der Waals surface area (Å²) in [5.74, 6) is 0. The van der Waals surface area contributed by atoms with E-state index in [1.54, 1.807) is 0 Å². The van der Waals surface area contributed by atoms with Crippen LogP contribution in [0.4, 0.5) is 5.69 Å². The Balaban J connectivity index is 1.97. The monoisotopic (exact) mass is 219 g/mol. The molecule has 2 atom stereocenters. The Labute approximate surface area is 97.7 Å². The highest BCUT2D eigenvalue weighted by atomic mass is 16.3. The van der Waals surface area contributed by atoms with Gasteiger partial charge in [-0.05, 0) is 30.9 Å². The van der Waals surface area contributed by atoms with Crippen LogP contribution in [0.2, 0.25) is 0 Å². The Bertz CT molecular complexity index is 337. The summed E-state index contributed by atoms with van der Waals surface area (Å²) in [5, 5.41) is 13.5. The second-order valence-electron chi connectivity index (χ2n) is 4.66. The van der Waals surface area contributed by atoms with Gasteiger partial charge in [0.1, 0.15) is 0 Å². The maximum atomic E-state index is 10.1. The molecule has 0 amide bonds. The third-order valence-electron chi connectivity index (χ3n) is 3.40. The molecule has 1 heterocycles. The summed E-state index contributed by atoms with van der Waals surface area (Å²) >= 11 is 0. The van der Waals surface area contributed by atoms with Crippen molar-refractivity contribution in [1.29, 1.82) is 0 Å². The van der Waals surface area contributed by atoms with Crippen LogP contribution in [-0.4, -0.2) is 17.3 Å². The van der Waals surface area contributed by atoms with Crippen LogP contribution in [-0.2, 0) is 6.42 Å². The van der Waals surface area contributed by atoms with Gasteiger partial charge in [-0.1, -0.05) is 38.0 Å². The lowest BCUT2D eigenvalue weighted by molar-refractivity contribution is 0.134. The number of aliphatic hydroxyl groups excluding tert-OH is 1. The standard InChI is InChI=1S/C14H21NO/c1-2-3-8-14(16)13-10-9-11-6-4-5-7-12(11)15-13/h4-7,13-16H,2-3,8-10H2,1H3. The Hall–Kier alpha value is -1.02. The first kappa shape index (κ1) is 11.5. The maximum Gasteiger partial charge on any atom is 0.0741 e. The molecule has 88 valence electrons. The molecule has 16 heavy (non-hydrogen) atoms. The van der Waals surface area contributed by atoms with Crippen molar-refractivity contribution in [3.8, 4) is 0 Å². The van der Waals surface area contributed by atoms with Crippen molar-refractivity contribution >= 4 is 5.69 Å². The minimum Gasteiger partial charge on any atom is -0.391 e. The molecular formula is C14H21NO. The smallest absolute Gasteiger partial charge is 0.0741 e. The average Bonchev–Trinajstić information content (AvgIpc) is 2.35. The molecule has 0 aliphatic carbocycles. The Morgan fingerprint density at radius 1 is 1.44 bits per heavy atom. The molecule has 0 bridgehead atoms. The minimum absolute atomic E-state index is 0.201. The number of para-hydroxylation sites is 1. The van der Waals surface area contributed by atoms with Crippen molar-refractivity contribution in [1.82, 2.24) is 0 Å². The predicted octanol–water partition coefficient (Wildman–Crippen LogP) is 2.96. The first-order valence-electron chi connectivity index (χ1n) is 6.33. The fourth-order valence-corrected chi connectivity index (χ4v) is 2.37. The summed E-state index contributed by atoms with van der Waals surface area (Å²) in [4.78, 5) is 0. The number of nitrogens with one attached hydrogen (secondary N) is 1. The number of fused-ring (bicyclic) bond motifs is 1. The minimum atomic E-state index is -0.201. The fourth-order valence-electron chi connectivity index (χ4n) is 2.37. The van der Waals surface area contributed by atoms with Crippen LogP contribution in [0.25, 0.3) is 0 Å². The van der Waals surface area contributed by atoms with Crippen LogP contribution in [0.15, 0.2) is 24.3 Å². The molecule has 2 heteroatoms. The topological polar surface area (TPSA) is 32.3 Å². The van der Waals surface area contributed by atoms with Crippen molar-refractivity contribution in [2.75, 3.05) is 5.32 Å². The predicted molar refractivity (Wildman–Crippen MR) is 67.7 cm³/mol. The molecule has 1 aromatic rings. The zero-order valence-electron chi connectivity index (χ0n) is 9.95. The van der Waals surface area contributed by atoms with E-state index in [0.29, 0.717) is 0 Å². The Morgan fingerprint density at radius 3 is 3.06 bits per heavy atom. The molecule has 0 saturated carbocycles. The summed E-state index contributed by atoms with van der Waals surface area (Å²) in [5.41, 5.74) is 2.58. The van der Waals surface area contributed by atoms with Crippen LogP contribution in [0.5, 0.6) is 0 Å². The van der Waals surface area contributed by atoms with Gasteiger partial charge in [-0.3, -0.25) is 0 Å². The average molecular weight is 219 g/mol. The number of hydrogen-bond donors (Lipinski definition) is 2. The van der Waals surface area contributed by atoms with Gasteiger partial charge in [0, 0.05) is 5.69 Å². The van der Waals surface area contributed by atoms with Gasteiger partial charge in [-0.2, -0.15) is 0 Å². The van der Waals surface area contributed by atoms with Gasteiger partial charge in [0.25, 0.3) is 0 Å². The van der Waals surface area contributed by atoms with Crippen LogP contribution in [0.1, 0.15) is 38.2 Å². The summed E-state index contributed by atoms with van der Waals surface area (Å²) in [6, 6.07) is 8.63. The number of rotatable bonds is 4. The van der Waals surface area contributed by atoms with Crippen molar-refractivity contribution in [3.63, 3.8) is 0 Å². The molecule has 0 fully saturated rings. The van der Waals surface area contributed by atoms with Crippen molar-refractivity contribution in [3.05, 3.63) is 29.8 Å². The van der Waals surface area contributed by atoms with E-state index >= 15 is 0 Å². The maximum absolute atomic E-state index is 10.1. The molecule has 0 spiro atoms. The highest BCUT2D eigenvalue weighted by Gasteiger charge is 2.23. The van der Waals surface area contributed by atoms with E-state index < -0.39 is 0 Å². The van der Waals surface area contributed by atoms with Crippen molar-refractivity contribution < 1.29 is 5.11 Å². The van der Waals surface area contributed by atoms with E-state index in [1.165, 1.54) is 11.3 Å². The lowest BCUT2D eigenvalue weighted by Crippen LogP contribution is -2.36. The number of unbranched alkanes of at least 4 members (excludes halogenated alkanes) is 1. The first-order valence-corrected chi connectivity index (χ1v) is 6.33. The van der Waals surface area contributed by atoms with Crippen molar-refractivity contribution in [2.24, 2.45) is 0 Å². The Morgan fingerprint density at radius 2 is 2.25 bits per heavy atom. The number of aryl methyl sites for hydroxylation is 1. The molecule has 0 radical (unpaired) electrons. The largest absolute Gasteiger partial charge is 0.391 e. The molecule has 1 aromatic carbocycles. The van der Waals surface area contributed by atoms with E-state index in [9.17, 15) is 5.11 Å². The molecular weight excluding hydrogens is 198 g/mol. The fraction of sp³-hybridized carbons (Fsp3) is 0.571. The second kappa shape index (κ2) is 5.35. The third kappa shape index (κ3) is 2.56. The summed E-state index contributed by atoms with van der Waals surface area (Å²) in [7, 11) is 0. The summed E-state index contributed by atoms with van der Waals surface area (Å²) in [6.07, 6.45) is 5.10. The number of aliphatic hydroxyl groups is 1. The zero-order chi connectivity index (χ0) is 11.4. The van der Waals surface area contributed by atoms with Gasteiger partial charge in [0.05, 0.1) is 12.1 Å². The van der Waals surface area contributed by atoms with Gasteiger partial charge >= 0.3 is 0 Å². The van der Waals surface area contributed by atoms with Gasteiger partial charge in [0.2, 0.25) is 0 Å². The number of anilines is 1. The van der Waals surface area contributed by atoms with Crippen LogP contribution in [0.3, 0.4) is 0 Å². The van der Waals surface area contributed by atoms with E-state index in [2.05, 4.69) is 30.4 Å². The van der Waals surface area contributed by atoms with Gasteiger partial charge in [-0.25, -0.2) is 0 Å². The molecule has 2 nitrogen and oxygen atoms in total. The summed E-state index contributed by atoms with van der Waals surface area (Å²) < 4.78 is 0. The lowest BCUT2D eigenvalue weighted by atomic mass is 9.93. The summed E-state index contributed by atoms with van der Waals surface area (Å²) in [6.45, 7) is 2.16. The van der Waals surface area contributed by atoms with E-state index in [0.717, 1.165) is 32.1 Å². The van der Waals surface area contributed by atoms with Gasteiger partial charge < -0.3 is 10.4 Å². The van der Waals surface area contributed by atoms with Crippen LogP contribution in [0, 0.1) is 0 Å². The Kier molecular flexibility index (Phi) is 3.83. The second-order valence-corrected chi connectivity index (χ2v) is 4.66. The molecule has 0 aromatic heterocycles. The first-order chi connectivity index (χ1) is 7.81. The lowest BCUT2D eigenvalue weighted by Gasteiger charge is -2.30. The normalized spacial score (nSPS) is 21.0. The highest BCUT2D eigenvalue weighted by molar-refractivity contribution is 5.53. The van der Waals surface area contributed by atoms with Crippen LogP contribution < -0.4 is 5.32 Å². The SMILES string of the molecule is CCCCC(O)C1CCc2ccccc2N1. The molecule has 2 N–H and O–H groups in total. The molecule has 2 rings (SSSR count). The molecule has 0 saturated heterocycles. The van der Waals surface area contributed by atoms with Crippen LogP contribution >= 0.6 is 0 Å². The van der Waals surface area contributed by atoms with E-state index in [4.69, 9.17) is 0 Å². The van der Waals surface area contributed by atoms with E-state index in [1.807, 2.05) is 6.07 Å².